The van der Waals surface area contributed by atoms with Crippen LogP contribution in [0.4, 0.5) is 0 Å². The molecule has 0 spiro atoms. The van der Waals surface area contributed by atoms with E-state index in [1.165, 1.54) is 5.56 Å². The number of aromatic nitrogens is 2. The van der Waals surface area contributed by atoms with E-state index in [0.717, 1.165) is 38.3 Å². The molecule has 1 aliphatic heterocycles. The van der Waals surface area contributed by atoms with E-state index in [9.17, 15) is 4.79 Å². The largest absolute Gasteiger partial charge is 0.340 e. The Morgan fingerprint density at radius 3 is 2.72 bits per heavy atom. The van der Waals surface area contributed by atoms with Crippen LogP contribution in [0.5, 0.6) is 0 Å². The number of nitrogens with zero attached hydrogens (tertiary/aromatic N) is 4. The zero-order chi connectivity index (χ0) is 19.9. The summed E-state index contributed by atoms with van der Waals surface area (Å²) in [5.41, 5.74) is 2.17. The first-order valence-corrected chi connectivity index (χ1v) is 10.8. The van der Waals surface area contributed by atoms with Gasteiger partial charge in [0.05, 0.1) is 0 Å². The molecule has 29 heavy (non-hydrogen) atoms. The molecule has 0 radical (unpaired) electrons. The SMILES string of the molecule is O=C(CCc1nc(-c2ccsc2)no1)N1CCN(C/C=C/c2ccccc2)CC1. The number of hydrogen-bond acceptors (Lipinski definition) is 6. The van der Waals surface area contributed by atoms with Gasteiger partial charge in [-0.25, -0.2) is 0 Å². The Morgan fingerprint density at radius 2 is 1.97 bits per heavy atom. The van der Waals surface area contributed by atoms with Gasteiger partial charge in [-0.15, -0.1) is 0 Å². The molecule has 0 N–H and O–H groups in total. The lowest BCUT2D eigenvalue weighted by Gasteiger charge is -2.34. The smallest absolute Gasteiger partial charge is 0.227 e. The van der Waals surface area contributed by atoms with Crippen LogP contribution >= 0.6 is 11.3 Å². The average molecular weight is 409 g/mol. The highest BCUT2D eigenvalue weighted by Crippen LogP contribution is 2.19. The fraction of sp³-hybridized carbons (Fsp3) is 0.318. The molecule has 1 aliphatic rings. The molecule has 2 aromatic heterocycles. The number of thiophene rings is 1. The van der Waals surface area contributed by atoms with Crippen molar-refractivity contribution in [2.45, 2.75) is 12.8 Å². The second-order valence-electron chi connectivity index (χ2n) is 7.02. The van der Waals surface area contributed by atoms with Gasteiger partial charge in [0.1, 0.15) is 0 Å². The first-order valence-electron chi connectivity index (χ1n) is 9.85. The fourth-order valence-electron chi connectivity index (χ4n) is 3.32. The fourth-order valence-corrected chi connectivity index (χ4v) is 3.95. The Balaban J connectivity index is 1.19. The van der Waals surface area contributed by atoms with Crippen LogP contribution in [0.2, 0.25) is 0 Å². The first-order chi connectivity index (χ1) is 14.3. The van der Waals surface area contributed by atoms with Crippen molar-refractivity contribution in [2.24, 2.45) is 0 Å². The Labute approximate surface area is 174 Å². The molecule has 0 aliphatic carbocycles. The van der Waals surface area contributed by atoms with Crippen molar-refractivity contribution in [1.29, 1.82) is 0 Å². The molecule has 3 heterocycles. The quantitative estimate of drug-likeness (QED) is 0.598. The van der Waals surface area contributed by atoms with E-state index < -0.39 is 0 Å². The highest BCUT2D eigenvalue weighted by Gasteiger charge is 2.21. The highest BCUT2D eigenvalue weighted by atomic mass is 32.1. The number of rotatable bonds is 7. The van der Waals surface area contributed by atoms with Gasteiger partial charge in [-0.2, -0.15) is 16.3 Å². The number of carbonyl (C=O) groups is 1. The van der Waals surface area contributed by atoms with Crippen molar-refractivity contribution in [2.75, 3.05) is 32.7 Å². The number of carbonyl (C=O) groups excluding carboxylic acids is 1. The second kappa shape index (κ2) is 9.62. The standard InChI is InChI=1S/C22H24N4O2S/c27-21(9-8-20-23-22(24-28-20)19-10-16-29-17-19)26-14-12-25(13-15-26)11-4-7-18-5-2-1-3-6-18/h1-7,10,16-17H,8-9,11-15H2/b7-4+. The number of aryl methyl sites for hydroxylation is 1. The van der Waals surface area contributed by atoms with Gasteiger partial charge in [-0.1, -0.05) is 47.6 Å². The second-order valence-corrected chi connectivity index (χ2v) is 7.80. The first kappa shape index (κ1) is 19.5. The molecule has 7 heteroatoms. The van der Waals surface area contributed by atoms with Crippen LogP contribution in [0.25, 0.3) is 17.5 Å². The molecule has 0 unspecified atom stereocenters. The maximum atomic E-state index is 12.5. The molecule has 0 saturated carbocycles. The van der Waals surface area contributed by atoms with E-state index in [2.05, 4.69) is 39.3 Å². The van der Waals surface area contributed by atoms with Crippen molar-refractivity contribution in [3.63, 3.8) is 0 Å². The number of benzene rings is 1. The van der Waals surface area contributed by atoms with Crippen LogP contribution in [-0.4, -0.2) is 58.6 Å². The predicted molar refractivity (Wildman–Crippen MR) is 114 cm³/mol. The average Bonchev–Trinajstić information content (AvgIpc) is 3.45. The zero-order valence-electron chi connectivity index (χ0n) is 16.2. The van der Waals surface area contributed by atoms with Crippen molar-refractivity contribution in [1.82, 2.24) is 19.9 Å². The van der Waals surface area contributed by atoms with E-state index in [-0.39, 0.29) is 5.91 Å². The zero-order valence-corrected chi connectivity index (χ0v) is 17.1. The summed E-state index contributed by atoms with van der Waals surface area (Å²) in [6.45, 7) is 4.23. The van der Waals surface area contributed by atoms with Crippen LogP contribution in [0, 0.1) is 0 Å². The molecule has 4 rings (SSSR count). The topological polar surface area (TPSA) is 62.5 Å². The highest BCUT2D eigenvalue weighted by molar-refractivity contribution is 7.08. The number of piperazine rings is 1. The van der Waals surface area contributed by atoms with E-state index in [4.69, 9.17) is 4.52 Å². The molecule has 0 atom stereocenters. The van der Waals surface area contributed by atoms with Crippen molar-refractivity contribution < 1.29 is 9.32 Å². The summed E-state index contributed by atoms with van der Waals surface area (Å²) in [5, 5.41) is 7.95. The molecule has 1 saturated heterocycles. The van der Waals surface area contributed by atoms with Crippen molar-refractivity contribution >= 4 is 23.3 Å². The molecule has 150 valence electrons. The normalized spacial score (nSPS) is 15.2. The molecular weight excluding hydrogens is 384 g/mol. The summed E-state index contributed by atoms with van der Waals surface area (Å²) in [6.07, 6.45) is 5.22. The predicted octanol–water partition coefficient (Wildman–Crippen LogP) is 3.59. The summed E-state index contributed by atoms with van der Waals surface area (Å²) in [4.78, 5) is 21.2. The lowest BCUT2D eigenvalue weighted by Crippen LogP contribution is -2.48. The van der Waals surface area contributed by atoms with Gasteiger partial charge < -0.3 is 9.42 Å². The lowest BCUT2D eigenvalue weighted by molar-refractivity contribution is -0.132. The van der Waals surface area contributed by atoms with Crippen LogP contribution in [0.15, 0.2) is 57.8 Å². The number of hydrogen-bond donors (Lipinski definition) is 0. The van der Waals surface area contributed by atoms with Crippen LogP contribution in [0.1, 0.15) is 17.9 Å². The monoisotopic (exact) mass is 408 g/mol. The number of amides is 1. The van der Waals surface area contributed by atoms with E-state index in [0.29, 0.717) is 24.6 Å². The minimum atomic E-state index is 0.153. The third kappa shape index (κ3) is 5.40. The van der Waals surface area contributed by atoms with Gasteiger partial charge in [-0.3, -0.25) is 9.69 Å². The summed E-state index contributed by atoms with van der Waals surface area (Å²) >= 11 is 1.59. The van der Waals surface area contributed by atoms with E-state index in [1.54, 1.807) is 11.3 Å². The maximum absolute atomic E-state index is 12.5. The Morgan fingerprint density at radius 1 is 1.14 bits per heavy atom. The van der Waals surface area contributed by atoms with Crippen LogP contribution in [-0.2, 0) is 11.2 Å². The summed E-state index contributed by atoms with van der Waals surface area (Å²) in [7, 11) is 0. The van der Waals surface area contributed by atoms with Crippen molar-refractivity contribution in [3.8, 4) is 11.4 Å². The minimum Gasteiger partial charge on any atom is -0.340 e. The van der Waals surface area contributed by atoms with Crippen molar-refractivity contribution in [3.05, 3.63) is 64.7 Å². The Hall–Kier alpha value is -2.77. The van der Waals surface area contributed by atoms with Crippen LogP contribution < -0.4 is 0 Å². The molecule has 1 fully saturated rings. The van der Waals surface area contributed by atoms with E-state index >= 15 is 0 Å². The van der Waals surface area contributed by atoms with E-state index in [1.807, 2.05) is 39.9 Å². The molecule has 1 amide bonds. The van der Waals surface area contributed by atoms with Gasteiger partial charge in [-0.05, 0) is 17.0 Å². The van der Waals surface area contributed by atoms with Gasteiger partial charge in [0.25, 0.3) is 0 Å². The summed E-state index contributed by atoms with van der Waals surface area (Å²) in [6, 6.07) is 12.3. The van der Waals surface area contributed by atoms with Gasteiger partial charge in [0.2, 0.25) is 17.6 Å². The molecule has 1 aromatic carbocycles. The molecular formula is C22H24N4O2S. The molecule has 6 nitrogen and oxygen atoms in total. The Kier molecular flexibility index (Phi) is 6.49. The lowest BCUT2D eigenvalue weighted by atomic mass is 10.2. The molecule has 3 aromatic rings. The summed E-state index contributed by atoms with van der Waals surface area (Å²) in [5.74, 6) is 1.26. The maximum Gasteiger partial charge on any atom is 0.227 e. The van der Waals surface area contributed by atoms with Crippen LogP contribution in [0.3, 0.4) is 0 Å². The van der Waals surface area contributed by atoms with Gasteiger partial charge >= 0.3 is 0 Å². The third-order valence-corrected chi connectivity index (χ3v) is 5.68. The van der Waals surface area contributed by atoms with Gasteiger partial charge in [0, 0.05) is 56.5 Å². The third-order valence-electron chi connectivity index (χ3n) is 5.00. The minimum absolute atomic E-state index is 0.153. The van der Waals surface area contributed by atoms with Gasteiger partial charge in [0.15, 0.2) is 0 Å². The summed E-state index contributed by atoms with van der Waals surface area (Å²) < 4.78 is 5.28. The molecule has 0 bridgehead atoms. The Bertz CT molecular complexity index is 929.